The van der Waals surface area contributed by atoms with Gasteiger partial charge in [0.05, 0.1) is 17.6 Å². The zero-order valence-corrected chi connectivity index (χ0v) is 11.4. The van der Waals surface area contributed by atoms with Crippen molar-refractivity contribution in [2.45, 2.75) is 38.1 Å². The first-order valence-corrected chi connectivity index (χ1v) is 6.83. The van der Waals surface area contributed by atoms with E-state index in [2.05, 4.69) is 15.2 Å². The first-order chi connectivity index (χ1) is 9.75. The Morgan fingerprint density at radius 1 is 1.30 bits per heavy atom. The van der Waals surface area contributed by atoms with Gasteiger partial charge in [-0.3, -0.25) is 0 Å². The minimum atomic E-state index is -0.458. The van der Waals surface area contributed by atoms with Gasteiger partial charge in [0.1, 0.15) is 5.54 Å². The zero-order valence-electron chi connectivity index (χ0n) is 11.4. The van der Waals surface area contributed by atoms with Crippen molar-refractivity contribution in [1.82, 2.24) is 15.0 Å². The third kappa shape index (κ3) is 2.06. The van der Waals surface area contributed by atoms with Gasteiger partial charge in [0.2, 0.25) is 6.08 Å². The summed E-state index contributed by atoms with van der Waals surface area (Å²) < 4.78 is 0. The fraction of sp³-hybridized carbons (Fsp3) is 0.400. The molecule has 0 atom stereocenters. The maximum Gasteiger partial charge on any atom is 0.235 e. The monoisotopic (exact) mass is 268 g/mol. The summed E-state index contributed by atoms with van der Waals surface area (Å²) in [6.45, 7) is 1.90. The van der Waals surface area contributed by atoms with E-state index >= 15 is 0 Å². The molecule has 20 heavy (non-hydrogen) atoms. The number of aromatic nitrogens is 3. The third-order valence-corrected chi connectivity index (χ3v) is 3.92. The Balaban J connectivity index is 2.16. The number of nitrogens with zero attached hydrogens (tertiary/aromatic N) is 4. The number of hydrogen-bond acceptors (Lipinski definition) is 4. The van der Waals surface area contributed by atoms with Crippen LogP contribution in [0.3, 0.4) is 0 Å². The predicted octanol–water partition coefficient (Wildman–Crippen LogP) is 2.68. The molecule has 1 saturated carbocycles. The average Bonchev–Trinajstić information content (AvgIpc) is 3.09. The molecular formula is C15H16N4O. The lowest BCUT2D eigenvalue weighted by molar-refractivity contribution is 0.451. The second-order valence-corrected chi connectivity index (χ2v) is 5.23. The molecule has 0 saturated heterocycles. The van der Waals surface area contributed by atoms with Crippen LogP contribution in [0.2, 0.25) is 0 Å². The van der Waals surface area contributed by atoms with E-state index in [0.717, 1.165) is 42.6 Å². The number of hydrogen-bond donors (Lipinski definition) is 0. The number of aryl methyl sites for hydroxylation is 1. The van der Waals surface area contributed by atoms with Gasteiger partial charge < -0.3 is 0 Å². The van der Waals surface area contributed by atoms with E-state index in [-0.39, 0.29) is 0 Å². The molecule has 0 spiro atoms. The Morgan fingerprint density at radius 2 is 2.05 bits per heavy atom. The first-order valence-electron chi connectivity index (χ1n) is 6.83. The number of carbonyl (C=O) groups excluding carboxylic acids is 1. The third-order valence-electron chi connectivity index (χ3n) is 3.92. The highest BCUT2D eigenvalue weighted by molar-refractivity contribution is 5.47. The molecule has 0 unspecified atom stereocenters. The average molecular weight is 268 g/mol. The van der Waals surface area contributed by atoms with Gasteiger partial charge >= 0.3 is 0 Å². The summed E-state index contributed by atoms with van der Waals surface area (Å²) in [5.41, 5.74) is 2.30. The summed E-state index contributed by atoms with van der Waals surface area (Å²) in [4.78, 5) is 16.6. The van der Waals surface area contributed by atoms with E-state index in [9.17, 15) is 4.79 Å². The highest BCUT2D eigenvalue weighted by Gasteiger charge is 2.37. The van der Waals surface area contributed by atoms with Crippen molar-refractivity contribution in [3.63, 3.8) is 0 Å². The van der Waals surface area contributed by atoms with Gasteiger partial charge in [0.15, 0.2) is 0 Å². The Labute approximate surface area is 117 Å². The SMILES string of the molecule is Cc1cnn(-c2ccccc2C2(N=C=O)CCCC2)n1. The molecule has 0 amide bonds. The molecule has 2 aromatic rings. The molecule has 3 rings (SSSR count). The highest BCUT2D eigenvalue weighted by Crippen LogP contribution is 2.44. The lowest BCUT2D eigenvalue weighted by atomic mass is 9.87. The number of aliphatic imine (C=N–C) groups is 1. The molecule has 1 aliphatic rings. The fourth-order valence-electron chi connectivity index (χ4n) is 2.99. The van der Waals surface area contributed by atoms with Crippen molar-refractivity contribution < 1.29 is 4.79 Å². The van der Waals surface area contributed by atoms with Crippen LogP contribution in [0.15, 0.2) is 35.5 Å². The Hall–Kier alpha value is -2.26. The summed E-state index contributed by atoms with van der Waals surface area (Å²) in [7, 11) is 0. The van der Waals surface area contributed by atoms with Gasteiger partial charge in [0, 0.05) is 5.56 Å². The van der Waals surface area contributed by atoms with Crippen molar-refractivity contribution in [2.24, 2.45) is 4.99 Å². The van der Waals surface area contributed by atoms with E-state index < -0.39 is 5.54 Å². The minimum absolute atomic E-state index is 0.458. The molecule has 0 radical (unpaired) electrons. The van der Waals surface area contributed by atoms with Crippen molar-refractivity contribution >= 4 is 6.08 Å². The molecule has 0 bridgehead atoms. The van der Waals surface area contributed by atoms with E-state index in [1.165, 1.54) is 0 Å². The first kappa shape index (κ1) is 12.8. The lowest BCUT2D eigenvalue weighted by Gasteiger charge is -2.25. The molecule has 1 aromatic carbocycles. The van der Waals surface area contributed by atoms with Crippen LogP contribution < -0.4 is 0 Å². The van der Waals surface area contributed by atoms with E-state index in [1.54, 1.807) is 17.1 Å². The van der Waals surface area contributed by atoms with E-state index in [4.69, 9.17) is 0 Å². The van der Waals surface area contributed by atoms with Gasteiger partial charge in [-0.05, 0) is 25.8 Å². The van der Waals surface area contributed by atoms with Crippen LogP contribution >= 0.6 is 0 Å². The molecule has 0 aliphatic heterocycles. The van der Waals surface area contributed by atoms with Gasteiger partial charge in [-0.1, -0.05) is 31.0 Å². The standard InChI is InChI=1S/C15H16N4O/c1-12-10-17-19(18-12)14-7-3-2-6-13(14)15(16-11-20)8-4-5-9-15/h2-3,6-7,10H,4-5,8-9H2,1H3. The summed E-state index contributed by atoms with van der Waals surface area (Å²) >= 11 is 0. The van der Waals surface area contributed by atoms with Crippen LogP contribution in [0.4, 0.5) is 0 Å². The molecule has 1 aromatic heterocycles. The lowest BCUT2D eigenvalue weighted by Crippen LogP contribution is -2.22. The van der Waals surface area contributed by atoms with Crippen molar-refractivity contribution in [2.75, 3.05) is 0 Å². The van der Waals surface area contributed by atoms with Crippen LogP contribution in [0.5, 0.6) is 0 Å². The van der Waals surface area contributed by atoms with E-state index in [1.807, 2.05) is 31.2 Å². The van der Waals surface area contributed by atoms with Crippen molar-refractivity contribution in [1.29, 1.82) is 0 Å². The molecule has 102 valence electrons. The summed E-state index contributed by atoms with van der Waals surface area (Å²) in [6, 6.07) is 7.90. The Bertz CT molecular complexity index is 664. The molecule has 1 heterocycles. The van der Waals surface area contributed by atoms with Crippen LogP contribution in [0.25, 0.3) is 5.69 Å². The van der Waals surface area contributed by atoms with Gasteiger partial charge in [0.25, 0.3) is 0 Å². The fourth-order valence-corrected chi connectivity index (χ4v) is 2.99. The Morgan fingerprint density at radius 3 is 2.70 bits per heavy atom. The molecule has 5 nitrogen and oxygen atoms in total. The highest BCUT2D eigenvalue weighted by atomic mass is 16.1. The van der Waals surface area contributed by atoms with Gasteiger partial charge in [-0.25, -0.2) is 4.79 Å². The van der Waals surface area contributed by atoms with Crippen LogP contribution in [0.1, 0.15) is 36.9 Å². The largest absolute Gasteiger partial charge is 0.235 e. The zero-order chi connectivity index (χ0) is 14.0. The number of benzene rings is 1. The predicted molar refractivity (Wildman–Crippen MR) is 74.4 cm³/mol. The Kier molecular flexibility index (Phi) is 3.20. The normalized spacial score (nSPS) is 16.9. The van der Waals surface area contributed by atoms with Gasteiger partial charge in [-0.15, -0.1) is 0 Å². The molecule has 0 N–H and O–H groups in total. The maximum atomic E-state index is 10.9. The molecule has 5 heteroatoms. The van der Waals surface area contributed by atoms with Crippen molar-refractivity contribution in [3.05, 3.63) is 41.7 Å². The number of rotatable bonds is 3. The molecule has 1 fully saturated rings. The van der Waals surface area contributed by atoms with Crippen LogP contribution in [-0.4, -0.2) is 21.1 Å². The number of isocyanates is 1. The summed E-state index contributed by atoms with van der Waals surface area (Å²) in [6.07, 6.45) is 7.38. The smallest absolute Gasteiger partial charge is 0.211 e. The topological polar surface area (TPSA) is 60.1 Å². The minimum Gasteiger partial charge on any atom is -0.211 e. The van der Waals surface area contributed by atoms with E-state index in [0.29, 0.717) is 0 Å². The molecular weight excluding hydrogens is 252 g/mol. The van der Waals surface area contributed by atoms with Crippen LogP contribution in [0, 0.1) is 6.92 Å². The van der Waals surface area contributed by atoms with Crippen molar-refractivity contribution in [3.8, 4) is 5.69 Å². The summed E-state index contributed by atoms with van der Waals surface area (Å²) in [5.74, 6) is 0. The number of para-hydroxylation sites is 1. The van der Waals surface area contributed by atoms with Crippen LogP contribution in [-0.2, 0) is 10.3 Å². The van der Waals surface area contributed by atoms with Gasteiger partial charge in [-0.2, -0.15) is 20.0 Å². The summed E-state index contributed by atoms with van der Waals surface area (Å²) in [5, 5.41) is 8.64. The quantitative estimate of drug-likeness (QED) is 0.635. The molecule has 1 aliphatic carbocycles. The maximum absolute atomic E-state index is 10.9. The second-order valence-electron chi connectivity index (χ2n) is 5.23. The second kappa shape index (κ2) is 5.02.